The lowest BCUT2D eigenvalue weighted by Gasteiger charge is -2.07. The van der Waals surface area contributed by atoms with Gasteiger partial charge in [-0.25, -0.2) is 0 Å². The van der Waals surface area contributed by atoms with Gasteiger partial charge in [0, 0.05) is 29.7 Å². The summed E-state index contributed by atoms with van der Waals surface area (Å²) < 4.78 is 7.63. The van der Waals surface area contributed by atoms with Crippen LogP contribution in [0.2, 0.25) is 0 Å². The highest BCUT2D eigenvalue weighted by Crippen LogP contribution is 2.29. The molecule has 0 saturated heterocycles. The maximum Gasteiger partial charge on any atom is 0.325 e. The van der Waals surface area contributed by atoms with E-state index < -0.39 is 0 Å². The van der Waals surface area contributed by atoms with Crippen molar-refractivity contribution in [3.05, 3.63) is 84.3 Å². The van der Waals surface area contributed by atoms with Crippen LogP contribution in [0.15, 0.2) is 73.1 Å². The minimum Gasteiger partial charge on any atom is -0.493 e. The number of hydrogen-bond acceptors (Lipinski definition) is 6. The van der Waals surface area contributed by atoms with Crippen molar-refractivity contribution < 1.29 is 14.6 Å². The monoisotopic (exact) mass is 396 g/mol. The first-order valence-electron chi connectivity index (χ1n) is 9.28. The van der Waals surface area contributed by atoms with Gasteiger partial charge in [-0.15, -0.1) is 0 Å². The molecule has 30 heavy (non-hydrogen) atoms. The molecule has 0 aliphatic rings. The fraction of sp³-hybridized carbons (Fsp3) is 0.0435. The summed E-state index contributed by atoms with van der Waals surface area (Å²) in [6.45, 7) is 0. The van der Waals surface area contributed by atoms with E-state index >= 15 is 0 Å². The average molecular weight is 396 g/mol. The van der Waals surface area contributed by atoms with Gasteiger partial charge in [-0.1, -0.05) is 30.3 Å². The van der Waals surface area contributed by atoms with Gasteiger partial charge in [0.05, 0.1) is 22.8 Å². The number of ether oxygens (including phenoxy) is 1. The molecule has 0 atom stereocenters. The van der Waals surface area contributed by atoms with E-state index in [1.807, 2.05) is 48.0 Å². The van der Waals surface area contributed by atoms with Crippen molar-refractivity contribution >= 4 is 27.6 Å². The Morgan fingerprint density at radius 3 is 2.70 bits per heavy atom. The predicted molar refractivity (Wildman–Crippen MR) is 112 cm³/mol. The second-order valence-corrected chi connectivity index (χ2v) is 6.83. The molecule has 5 rings (SSSR count). The number of fused-ring (bicyclic) bond motifs is 2. The topological polar surface area (TPSA) is 90.1 Å². The Hall–Kier alpha value is -4.26. The summed E-state index contributed by atoms with van der Waals surface area (Å²) in [4.78, 5) is 25.2. The van der Waals surface area contributed by atoms with Crippen LogP contribution in [0.1, 0.15) is 16.1 Å². The molecule has 146 valence electrons. The van der Waals surface area contributed by atoms with E-state index in [4.69, 9.17) is 4.74 Å². The number of carbonyl (C=O) groups excluding carboxylic acids is 1. The van der Waals surface area contributed by atoms with Crippen LogP contribution < -0.4 is 4.74 Å². The van der Waals surface area contributed by atoms with Crippen LogP contribution in [0.3, 0.4) is 0 Å². The highest BCUT2D eigenvalue weighted by molar-refractivity contribution is 6.10. The molecule has 0 aliphatic heterocycles. The normalized spacial score (nSPS) is 11.1. The number of benzene rings is 2. The van der Waals surface area contributed by atoms with Crippen molar-refractivity contribution in [2.24, 2.45) is 7.05 Å². The maximum atomic E-state index is 12.9. The second-order valence-electron chi connectivity index (χ2n) is 6.83. The van der Waals surface area contributed by atoms with Crippen LogP contribution in [0, 0.1) is 0 Å². The zero-order valence-corrected chi connectivity index (χ0v) is 16.0. The summed E-state index contributed by atoms with van der Waals surface area (Å²) in [5, 5.41) is 11.5. The summed E-state index contributed by atoms with van der Waals surface area (Å²) in [7, 11) is 1.86. The highest BCUT2D eigenvalue weighted by atomic mass is 16.5. The van der Waals surface area contributed by atoms with E-state index in [1.165, 1.54) is 6.20 Å². The van der Waals surface area contributed by atoms with Crippen LogP contribution in [-0.2, 0) is 7.05 Å². The quantitative estimate of drug-likeness (QED) is 0.457. The van der Waals surface area contributed by atoms with Crippen molar-refractivity contribution in [2.75, 3.05) is 0 Å². The largest absolute Gasteiger partial charge is 0.493 e. The lowest BCUT2D eigenvalue weighted by Crippen LogP contribution is -2.06. The van der Waals surface area contributed by atoms with E-state index in [0.29, 0.717) is 27.9 Å². The van der Waals surface area contributed by atoms with Gasteiger partial charge in [0.25, 0.3) is 0 Å². The fourth-order valence-corrected chi connectivity index (χ4v) is 3.44. The smallest absolute Gasteiger partial charge is 0.325 e. The molecule has 3 aromatic heterocycles. The summed E-state index contributed by atoms with van der Waals surface area (Å²) >= 11 is 0. The highest BCUT2D eigenvalue weighted by Gasteiger charge is 2.16. The lowest BCUT2D eigenvalue weighted by molar-refractivity contribution is 0.103. The lowest BCUT2D eigenvalue weighted by atomic mass is 10.1. The van der Waals surface area contributed by atoms with E-state index in [1.54, 1.807) is 30.5 Å². The van der Waals surface area contributed by atoms with Crippen LogP contribution >= 0.6 is 0 Å². The third kappa shape index (κ3) is 3.02. The van der Waals surface area contributed by atoms with Crippen LogP contribution in [0.4, 0.5) is 0 Å². The van der Waals surface area contributed by atoms with Gasteiger partial charge >= 0.3 is 6.01 Å². The van der Waals surface area contributed by atoms with Crippen LogP contribution in [0.25, 0.3) is 21.8 Å². The van der Waals surface area contributed by atoms with Gasteiger partial charge < -0.3 is 14.4 Å². The average Bonchev–Trinajstić information content (AvgIpc) is 3.09. The molecule has 1 N–H and O–H groups in total. The first kappa shape index (κ1) is 17.8. The third-order valence-electron chi connectivity index (χ3n) is 4.95. The standard InChI is InChI=1S/C23H16N4O3/c1-27-19-8-7-16(30-23-25-18-13-24-10-9-17(18)22(29)26-23)11-15(19)12-20(27)21(28)14-5-3-2-4-6-14/h2-13H,1H3,(H,25,26,29). The summed E-state index contributed by atoms with van der Waals surface area (Å²) in [5.74, 6) is 0.274. The van der Waals surface area contributed by atoms with Gasteiger partial charge in [-0.2, -0.15) is 9.97 Å². The van der Waals surface area contributed by atoms with Crippen molar-refractivity contribution in [1.82, 2.24) is 19.5 Å². The number of aromatic nitrogens is 4. The second kappa shape index (κ2) is 6.97. The summed E-state index contributed by atoms with van der Waals surface area (Å²) in [5.41, 5.74) is 2.59. The molecule has 5 aromatic rings. The van der Waals surface area contributed by atoms with Gasteiger partial charge in [0.2, 0.25) is 11.7 Å². The number of hydrogen-bond donors (Lipinski definition) is 1. The molecule has 7 nitrogen and oxygen atoms in total. The Labute approximate surface area is 171 Å². The first-order valence-corrected chi connectivity index (χ1v) is 9.28. The van der Waals surface area contributed by atoms with Crippen molar-refractivity contribution in [3.8, 4) is 17.6 Å². The van der Waals surface area contributed by atoms with Gasteiger partial charge in [-0.3, -0.25) is 9.78 Å². The molecule has 0 fully saturated rings. The van der Waals surface area contributed by atoms with E-state index in [2.05, 4.69) is 15.0 Å². The number of nitrogens with zero attached hydrogens (tertiary/aromatic N) is 4. The van der Waals surface area contributed by atoms with Crippen molar-refractivity contribution in [1.29, 1.82) is 0 Å². The zero-order valence-electron chi connectivity index (χ0n) is 16.0. The molecule has 0 amide bonds. The van der Waals surface area contributed by atoms with E-state index in [9.17, 15) is 9.90 Å². The Bertz CT molecular complexity index is 1410. The number of aromatic hydroxyl groups is 1. The van der Waals surface area contributed by atoms with Gasteiger partial charge in [0.15, 0.2) is 0 Å². The van der Waals surface area contributed by atoms with Crippen molar-refractivity contribution in [2.45, 2.75) is 0 Å². The van der Waals surface area contributed by atoms with Gasteiger partial charge in [0.1, 0.15) is 5.75 Å². The third-order valence-corrected chi connectivity index (χ3v) is 4.95. The zero-order chi connectivity index (χ0) is 20.7. The molecule has 3 heterocycles. The molecular weight excluding hydrogens is 380 g/mol. The first-order chi connectivity index (χ1) is 14.6. The Morgan fingerprint density at radius 1 is 1.03 bits per heavy atom. The van der Waals surface area contributed by atoms with Crippen molar-refractivity contribution in [3.63, 3.8) is 0 Å². The van der Waals surface area contributed by atoms with Crippen LogP contribution in [-0.4, -0.2) is 30.4 Å². The SMILES string of the molecule is Cn1c(C(=O)c2ccccc2)cc2cc(Oc3nc(O)c4ccncc4n3)ccc21. The molecule has 7 heteroatoms. The molecule has 0 radical (unpaired) electrons. The minimum absolute atomic E-state index is 0.0175. The molecule has 0 aliphatic carbocycles. The molecular formula is C23H16N4O3. The fourth-order valence-electron chi connectivity index (χ4n) is 3.44. The Kier molecular flexibility index (Phi) is 4.14. The van der Waals surface area contributed by atoms with Crippen LogP contribution in [0.5, 0.6) is 17.6 Å². The number of carbonyl (C=O) groups is 1. The van der Waals surface area contributed by atoms with E-state index in [0.717, 1.165) is 10.9 Å². The molecule has 0 bridgehead atoms. The molecule has 0 spiro atoms. The van der Waals surface area contributed by atoms with E-state index in [-0.39, 0.29) is 17.7 Å². The maximum absolute atomic E-state index is 12.9. The Morgan fingerprint density at radius 2 is 1.87 bits per heavy atom. The minimum atomic E-state index is -0.172. The van der Waals surface area contributed by atoms with Gasteiger partial charge in [-0.05, 0) is 30.3 Å². The number of ketones is 1. The summed E-state index contributed by atoms with van der Waals surface area (Å²) in [6, 6.07) is 18.1. The number of aryl methyl sites for hydroxylation is 1. The number of pyridine rings is 1. The molecule has 0 unspecified atom stereocenters. The predicted octanol–water partition coefficient (Wildman–Crippen LogP) is 4.25. The molecule has 2 aromatic carbocycles. The Balaban J connectivity index is 1.51. The number of rotatable bonds is 4. The molecule has 0 saturated carbocycles. The summed E-state index contributed by atoms with van der Waals surface area (Å²) in [6.07, 6.45) is 3.09.